The third-order valence-electron chi connectivity index (χ3n) is 3.14. The minimum Gasteiger partial charge on any atom is -0.352 e. The van der Waals surface area contributed by atoms with Crippen molar-refractivity contribution in [2.45, 2.75) is 24.8 Å². The summed E-state index contributed by atoms with van der Waals surface area (Å²) in [7, 11) is -1.25. The van der Waals surface area contributed by atoms with Crippen LogP contribution in [0.5, 0.6) is 0 Å². The highest BCUT2D eigenvalue weighted by atomic mass is 32.2. The lowest BCUT2D eigenvalue weighted by molar-refractivity contribution is -0.134. The molecule has 1 aromatic carbocycles. The molecule has 0 aliphatic heterocycles. The fourth-order valence-electron chi connectivity index (χ4n) is 1.85. The van der Waals surface area contributed by atoms with Crippen LogP contribution in [0.2, 0.25) is 0 Å². The summed E-state index contributed by atoms with van der Waals surface area (Å²) in [6.45, 7) is 3.00. The van der Waals surface area contributed by atoms with Gasteiger partial charge < -0.3 is 10.2 Å². The van der Waals surface area contributed by atoms with Gasteiger partial charge in [0.05, 0.1) is 18.0 Å². The third-order valence-corrected chi connectivity index (χ3v) is 4.95. The average Bonchev–Trinajstić information content (AvgIpc) is 2.46. The molecule has 1 aromatic rings. The Kier molecular flexibility index (Phi) is 6.85. The second kappa shape index (κ2) is 8.20. The zero-order valence-corrected chi connectivity index (χ0v) is 14.9. The molecule has 0 saturated carbocycles. The molecule has 0 saturated heterocycles. The van der Waals surface area contributed by atoms with Crippen molar-refractivity contribution in [3.05, 3.63) is 30.1 Å². The number of carbonyl (C=O) groups excluding carboxylic acids is 2. The number of carbonyl (C=O) groups is 2. The normalized spacial score (nSPS) is 11.6. The molecule has 0 unspecified atom stereocenters. The van der Waals surface area contributed by atoms with E-state index >= 15 is 0 Å². The van der Waals surface area contributed by atoms with Gasteiger partial charge in [0.2, 0.25) is 21.8 Å². The van der Waals surface area contributed by atoms with E-state index in [1.165, 1.54) is 14.1 Å². The third kappa shape index (κ3) is 5.57. The fraction of sp³-hybridized carbons (Fsp3) is 0.467. The number of halogens is 1. The average molecular weight is 359 g/mol. The predicted octanol–water partition coefficient (Wildman–Crippen LogP) is 0.429. The van der Waals surface area contributed by atoms with Crippen LogP contribution < -0.4 is 5.32 Å². The van der Waals surface area contributed by atoms with Crippen LogP contribution in [0.1, 0.15) is 13.8 Å². The largest absolute Gasteiger partial charge is 0.352 e. The molecule has 134 valence electrons. The quantitative estimate of drug-likeness (QED) is 0.765. The van der Waals surface area contributed by atoms with E-state index in [0.29, 0.717) is 0 Å². The molecule has 0 aliphatic rings. The Morgan fingerprint density at radius 1 is 1.12 bits per heavy atom. The molecule has 1 rings (SSSR count). The maximum Gasteiger partial charge on any atom is 0.243 e. The molecule has 7 nitrogen and oxygen atoms in total. The van der Waals surface area contributed by atoms with Crippen molar-refractivity contribution < 1.29 is 22.4 Å². The lowest BCUT2D eigenvalue weighted by Crippen LogP contribution is -2.44. The number of hydrogen-bond donors (Lipinski definition) is 1. The second-order valence-corrected chi connectivity index (χ2v) is 7.73. The molecule has 0 fully saturated rings. The molecule has 24 heavy (non-hydrogen) atoms. The van der Waals surface area contributed by atoms with Crippen LogP contribution in [0, 0.1) is 5.82 Å². The van der Waals surface area contributed by atoms with Crippen LogP contribution in [0.4, 0.5) is 4.39 Å². The van der Waals surface area contributed by atoms with E-state index in [-0.39, 0.29) is 23.4 Å². The SMILES string of the molecule is CC(C)NC(=O)CN(C)C(=O)CN(C)S(=O)(=O)c1ccc(F)cc1. The highest BCUT2D eigenvalue weighted by molar-refractivity contribution is 7.89. The number of sulfonamides is 1. The van der Waals surface area contributed by atoms with Crippen molar-refractivity contribution in [1.29, 1.82) is 0 Å². The Morgan fingerprint density at radius 3 is 2.17 bits per heavy atom. The van der Waals surface area contributed by atoms with Crippen LogP contribution in [0.15, 0.2) is 29.2 Å². The van der Waals surface area contributed by atoms with Crippen molar-refractivity contribution >= 4 is 21.8 Å². The van der Waals surface area contributed by atoms with Crippen molar-refractivity contribution in [1.82, 2.24) is 14.5 Å². The van der Waals surface area contributed by atoms with Gasteiger partial charge in [0.25, 0.3) is 0 Å². The first-order chi connectivity index (χ1) is 11.0. The number of rotatable bonds is 7. The van der Waals surface area contributed by atoms with Crippen LogP contribution in [-0.4, -0.2) is 62.7 Å². The molecular formula is C15H22FN3O4S. The Bertz CT molecular complexity index is 689. The number of amides is 2. The van der Waals surface area contributed by atoms with E-state index in [4.69, 9.17) is 0 Å². The minimum atomic E-state index is -3.91. The van der Waals surface area contributed by atoms with Gasteiger partial charge in [-0.2, -0.15) is 4.31 Å². The van der Waals surface area contributed by atoms with Gasteiger partial charge in [0.1, 0.15) is 5.82 Å². The molecule has 0 heterocycles. The highest BCUT2D eigenvalue weighted by Crippen LogP contribution is 2.14. The Morgan fingerprint density at radius 2 is 1.67 bits per heavy atom. The van der Waals surface area contributed by atoms with Gasteiger partial charge in [-0.15, -0.1) is 0 Å². The van der Waals surface area contributed by atoms with E-state index in [2.05, 4.69) is 5.32 Å². The van der Waals surface area contributed by atoms with E-state index in [0.717, 1.165) is 33.5 Å². The van der Waals surface area contributed by atoms with E-state index in [1.54, 1.807) is 13.8 Å². The zero-order chi connectivity index (χ0) is 18.5. The summed E-state index contributed by atoms with van der Waals surface area (Å²) in [5.41, 5.74) is 0. The van der Waals surface area contributed by atoms with Crippen LogP contribution in [0.3, 0.4) is 0 Å². The van der Waals surface area contributed by atoms with E-state index in [9.17, 15) is 22.4 Å². The Labute approximate surface area is 141 Å². The van der Waals surface area contributed by atoms with Gasteiger partial charge in [0.15, 0.2) is 0 Å². The molecule has 9 heteroatoms. The van der Waals surface area contributed by atoms with E-state index in [1.807, 2.05) is 0 Å². The summed E-state index contributed by atoms with van der Waals surface area (Å²) in [6.07, 6.45) is 0. The second-order valence-electron chi connectivity index (χ2n) is 5.69. The number of hydrogen-bond acceptors (Lipinski definition) is 4. The number of nitrogens with zero attached hydrogens (tertiary/aromatic N) is 2. The molecule has 0 aliphatic carbocycles. The summed E-state index contributed by atoms with van der Waals surface area (Å²) in [5, 5.41) is 2.64. The fourth-order valence-corrected chi connectivity index (χ4v) is 2.97. The van der Waals surface area contributed by atoms with Crippen LogP contribution in [-0.2, 0) is 19.6 Å². The molecule has 2 amide bonds. The monoisotopic (exact) mass is 359 g/mol. The zero-order valence-electron chi connectivity index (χ0n) is 14.1. The van der Waals surface area contributed by atoms with Gasteiger partial charge in [0, 0.05) is 20.1 Å². The minimum absolute atomic E-state index is 0.0532. The first-order valence-electron chi connectivity index (χ1n) is 7.29. The maximum atomic E-state index is 12.9. The van der Waals surface area contributed by atoms with Gasteiger partial charge in [-0.05, 0) is 38.1 Å². The van der Waals surface area contributed by atoms with Crippen molar-refractivity contribution in [2.75, 3.05) is 27.2 Å². The Balaban J connectivity index is 2.71. The van der Waals surface area contributed by atoms with Crippen molar-refractivity contribution in [3.63, 3.8) is 0 Å². The summed E-state index contributed by atoms with van der Waals surface area (Å²) in [6, 6.07) is 4.27. The number of likely N-dealkylation sites (N-methyl/N-ethyl adjacent to an activating group) is 2. The summed E-state index contributed by atoms with van der Waals surface area (Å²) in [5.74, 6) is -1.41. The molecule has 0 atom stereocenters. The standard InChI is InChI=1S/C15H22FN3O4S/c1-11(2)17-14(20)9-18(3)15(21)10-19(4)24(22,23)13-7-5-12(16)6-8-13/h5-8,11H,9-10H2,1-4H3,(H,17,20). The molecule has 0 aromatic heterocycles. The van der Waals surface area contributed by atoms with Crippen LogP contribution >= 0.6 is 0 Å². The molecule has 0 radical (unpaired) electrons. The smallest absolute Gasteiger partial charge is 0.243 e. The highest BCUT2D eigenvalue weighted by Gasteiger charge is 2.24. The first kappa shape index (κ1) is 20.0. The van der Waals surface area contributed by atoms with Gasteiger partial charge in [-0.25, -0.2) is 12.8 Å². The Hall–Kier alpha value is -2.00. The van der Waals surface area contributed by atoms with Gasteiger partial charge in [-0.1, -0.05) is 0 Å². The first-order valence-corrected chi connectivity index (χ1v) is 8.73. The summed E-state index contributed by atoms with van der Waals surface area (Å²) in [4.78, 5) is 24.8. The molecular weight excluding hydrogens is 337 g/mol. The lowest BCUT2D eigenvalue weighted by atomic mass is 10.3. The lowest BCUT2D eigenvalue weighted by Gasteiger charge is -2.22. The van der Waals surface area contributed by atoms with Crippen molar-refractivity contribution in [3.8, 4) is 0 Å². The van der Waals surface area contributed by atoms with Crippen LogP contribution in [0.25, 0.3) is 0 Å². The molecule has 0 bridgehead atoms. The topological polar surface area (TPSA) is 86.8 Å². The molecule has 1 N–H and O–H groups in total. The molecule has 0 spiro atoms. The predicted molar refractivity (Wildman–Crippen MR) is 87.1 cm³/mol. The number of benzene rings is 1. The summed E-state index contributed by atoms with van der Waals surface area (Å²) >= 11 is 0. The van der Waals surface area contributed by atoms with Crippen molar-refractivity contribution in [2.24, 2.45) is 0 Å². The van der Waals surface area contributed by atoms with Gasteiger partial charge >= 0.3 is 0 Å². The van der Waals surface area contributed by atoms with E-state index < -0.39 is 28.3 Å². The maximum absolute atomic E-state index is 12.9. The summed E-state index contributed by atoms with van der Waals surface area (Å²) < 4.78 is 38.4. The van der Waals surface area contributed by atoms with Gasteiger partial charge in [-0.3, -0.25) is 9.59 Å². The number of nitrogens with one attached hydrogen (secondary N) is 1.